The van der Waals surface area contributed by atoms with E-state index < -0.39 is 12.6 Å². The minimum absolute atomic E-state index is 0.130. The van der Waals surface area contributed by atoms with Gasteiger partial charge in [0.1, 0.15) is 5.70 Å². The highest BCUT2D eigenvalue weighted by molar-refractivity contribution is 7.80. The van der Waals surface area contributed by atoms with E-state index in [1.54, 1.807) is 30.2 Å². The molecule has 1 aliphatic heterocycles. The van der Waals surface area contributed by atoms with Crippen molar-refractivity contribution < 1.29 is 24.2 Å². The number of carboxylic acids is 1. The van der Waals surface area contributed by atoms with Crippen LogP contribution in [0.5, 0.6) is 11.5 Å². The van der Waals surface area contributed by atoms with Gasteiger partial charge < -0.3 is 19.5 Å². The second-order valence-electron chi connectivity index (χ2n) is 5.14. The fourth-order valence-electron chi connectivity index (χ4n) is 2.35. The van der Waals surface area contributed by atoms with Crippen molar-refractivity contribution in [1.82, 2.24) is 9.80 Å². The zero-order chi connectivity index (χ0) is 18.7. The van der Waals surface area contributed by atoms with Crippen molar-refractivity contribution in [2.24, 2.45) is 0 Å². The predicted octanol–water partition coefficient (Wildman–Crippen LogP) is 2.23. The Morgan fingerprint density at radius 3 is 2.64 bits per heavy atom. The minimum atomic E-state index is -1.13. The first kappa shape index (κ1) is 19.0. The lowest BCUT2D eigenvalue weighted by molar-refractivity contribution is -0.139. The number of benzene rings is 1. The quantitative estimate of drug-likeness (QED) is 0.595. The third-order valence-corrected chi connectivity index (χ3v) is 4.33. The van der Waals surface area contributed by atoms with Crippen LogP contribution >= 0.6 is 23.8 Å². The van der Waals surface area contributed by atoms with Crippen LogP contribution in [-0.4, -0.2) is 59.2 Å². The molecule has 0 unspecified atom stereocenters. The number of methoxy groups -OCH3 is 1. The van der Waals surface area contributed by atoms with Gasteiger partial charge in [-0.2, -0.15) is 0 Å². The maximum atomic E-state index is 12.4. The van der Waals surface area contributed by atoms with E-state index in [0.717, 1.165) is 0 Å². The van der Waals surface area contributed by atoms with Crippen LogP contribution in [0.1, 0.15) is 12.5 Å². The smallest absolute Gasteiger partial charge is 0.341 e. The zero-order valence-electron chi connectivity index (χ0n) is 13.9. The Labute approximate surface area is 155 Å². The molecular formula is C16H17ClN2O5S. The van der Waals surface area contributed by atoms with Crippen LogP contribution in [0.2, 0.25) is 5.02 Å². The maximum absolute atomic E-state index is 12.4. The molecule has 1 aromatic carbocycles. The molecule has 1 aromatic rings. The molecule has 0 aliphatic carbocycles. The molecule has 25 heavy (non-hydrogen) atoms. The molecule has 0 atom stereocenters. The van der Waals surface area contributed by atoms with E-state index in [0.29, 0.717) is 22.9 Å². The molecule has 7 nitrogen and oxygen atoms in total. The molecule has 1 saturated heterocycles. The van der Waals surface area contributed by atoms with Crippen molar-refractivity contribution in [3.8, 4) is 11.5 Å². The Bertz CT molecular complexity index is 765. The number of carbonyl (C=O) groups is 2. The van der Waals surface area contributed by atoms with Crippen LogP contribution in [0.4, 0.5) is 0 Å². The monoisotopic (exact) mass is 384 g/mol. The maximum Gasteiger partial charge on any atom is 0.341 e. The Hall–Kier alpha value is -2.32. The van der Waals surface area contributed by atoms with Gasteiger partial charge in [-0.15, -0.1) is 0 Å². The first-order chi connectivity index (χ1) is 11.8. The largest absolute Gasteiger partial charge is 0.493 e. The van der Waals surface area contributed by atoms with E-state index in [9.17, 15) is 9.59 Å². The van der Waals surface area contributed by atoms with E-state index in [1.807, 2.05) is 6.92 Å². The average Bonchev–Trinajstić information content (AvgIpc) is 2.76. The van der Waals surface area contributed by atoms with E-state index in [-0.39, 0.29) is 22.4 Å². The van der Waals surface area contributed by atoms with E-state index in [4.69, 9.17) is 38.4 Å². The summed E-state index contributed by atoms with van der Waals surface area (Å²) in [5.41, 5.74) is 1.00. The third-order valence-electron chi connectivity index (χ3n) is 3.55. The normalized spacial score (nSPS) is 15.9. The van der Waals surface area contributed by atoms with Gasteiger partial charge in [-0.3, -0.25) is 9.69 Å². The summed E-state index contributed by atoms with van der Waals surface area (Å²) in [6.07, 6.45) is 1.64. The van der Waals surface area contributed by atoms with Gasteiger partial charge >= 0.3 is 5.97 Å². The fourth-order valence-corrected chi connectivity index (χ4v) is 2.93. The summed E-state index contributed by atoms with van der Waals surface area (Å²) in [6.45, 7) is 1.78. The molecule has 0 saturated carbocycles. The van der Waals surface area contributed by atoms with Crippen molar-refractivity contribution in [1.29, 1.82) is 0 Å². The number of carbonyl (C=O) groups excluding carboxylic acids is 1. The molecule has 1 aliphatic rings. The standard InChI is InChI=1S/C16H17ClN2O5S/c1-4-19-15(22)11(18(2)16(19)25)6-9-5-10(17)14(12(7-9)23-3)24-8-13(20)21/h5-7H,4,8H2,1-3H3,(H,20,21)/b11-6-. The van der Waals surface area contributed by atoms with Crippen LogP contribution in [0, 0.1) is 0 Å². The second kappa shape index (κ2) is 7.71. The first-order valence-corrected chi connectivity index (χ1v) is 8.12. The number of likely N-dealkylation sites (N-methyl/N-ethyl adjacent to an activating group) is 2. The van der Waals surface area contributed by atoms with Gasteiger partial charge in [-0.05, 0) is 42.9 Å². The molecular weight excluding hydrogens is 368 g/mol. The number of aliphatic carboxylic acids is 1. The SMILES string of the molecule is CCN1C(=O)/C(=C/c2cc(Cl)c(OCC(=O)O)c(OC)c2)N(C)C1=S. The molecule has 1 heterocycles. The molecule has 0 spiro atoms. The molecule has 2 rings (SSSR count). The number of hydrogen-bond donors (Lipinski definition) is 1. The van der Waals surface area contributed by atoms with Crippen molar-refractivity contribution in [2.75, 3.05) is 27.3 Å². The molecule has 9 heteroatoms. The van der Waals surface area contributed by atoms with Gasteiger partial charge in [-0.25, -0.2) is 4.79 Å². The lowest BCUT2D eigenvalue weighted by Crippen LogP contribution is -2.30. The summed E-state index contributed by atoms with van der Waals surface area (Å²) in [7, 11) is 3.13. The van der Waals surface area contributed by atoms with Crippen molar-refractivity contribution in [3.05, 3.63) is 28.4 Å². The summed E-state index contributed by atoms with van der Waals surface area (Å²) in [4.78, 5) is 26.2. The molecule has 0 bridgehead atoms. The Morgan fingerprint density at radius 2 is 2.12 bits per heavy atom. The van der Waals surface area contributed by atoms with Crippen LogP contribution in [0.15, 0.2) is 17.8 Å². The molecule has 1 fully saturated rings. The number of ether oxygens (including phenoxy) is 2. The molecule has 0 radical (unpaired) electrons. The number of halogens is 1. The Kier molecular flexibility index (Phi) is 5.86. The zero-order valence-corrected chi connectivity index (χ0v) is 15.5. The van der Waals surface area contributed by atoms with Gasteiger partial charge in [0.05, 0.1) is 12.1 Å². The van der Waals surface area contributed by atoms with E-state index in [1.165, 1.54) is 12.0 Å². The number of carboxylic acid groups (broad SMARTS) is 1. The number of hydrogen-bond acceptors (Lipinski definition) is 5. The second-order valence-corrected chi connectivity index (χ2v) is 5.91. The number of amides is 1. The highest BCUT2D eigenvalue weighted by Gasteiger charge is 2.34. The number of thiocarbonyl (C=S) groups is 1. The summed E-state index contributed by atoms with van der Waals surface area (Å²) in [6, 6.07) is 3.17. The average molecular weight is 385 g/mol. The predicted molar refractivity (Wildman–Crippen MR) is 96.9 cm³/mol. The molecule has 1 N–H and O–H groups in total. The molecule has 0 aromatic heterocycles. The van der Waals surface area contributed by atoms with Crippen LogP contribution in [0.25, 0.3) is 6.08 Å². The summed E-state index contributed by atoms with van der Waals surface area (Å²) in [5, 5.41) is 9.33. The molecule has 134 valence electrons. The van der Waals surface area contributed by atoms with Gasteiger partial charge in [0.2, 0.25) is 0 Å². The summed E-state index contributed by atoms with van der Waals surface area (Å²) in [5.74, 6) is -0.930. The lowest BCUT2D eigenvalue weighted by Gasteiger charge is -2.14. The number of nitrogens with zero attached hydrogens (tertiary/aromatic N) is 2. The fraction of sp³-hybridized carbons (Fsp3) is 0.312. The number of rotatable bonds is 6. The molecule has 1 amide bonds. The van der Waals surface area contributed by atoms with Crippen LogP contribution < -0.4 is 9.47 Å². The van der Waals surface area contributed by atoms with Gasteiger partial charge in [0.15, 0.2) is 23.2 Å². The summed E-state index contributed by atoms with van der Waals surface area (Å²) < 4.78 is 10.4. The van der Waals surface area contributed by atoms with Crippen LogP contribution in [0.3, 0.4) is 0 Å². The van der Waals surface area contributed by atoms with E-state index in [2.05, 4.69) is 0 Å². The van der Waals surface area contributed by atoms with Crippen LogP contribution in [-0.2, 0) is 9.59 Å². The minimum Gasteiger partial charge on any atom is -0.493 e. The van der Waals surface area contributed by atoms with Gasteiger partial charge in [0, 0.05) is 13.6 Å². The van der Waals surface area contributed by atoms with E-state index >= 15 is 0 Å². The Morgan fingerprint density at radius 1 is 1.44 bits per heavy atom. The third kappa shape index (κ3) is 3.85. The highest BCUT2D eigenvalue weighted by atomic mass is 35.5. The van der Waals surface area contributed by atoms with Crippen molar-refractivity contribution >= 4 is 46.9 Å². The summed E-state index contributed by atoms with van der Waals surface area (Å²) >= 11 is 11.4. The highest BCUT2D eigenvalue weighted by Crippen LogP contribution is 2.37. The Balaban J connectivity index is 2.40. The lowest BCUT2D eigenvalue weighted by atomic mass is 10.1. The van der Waals surface area contributed by atoms with Crippen molar-refractivity contribution in [2.45, 2.75) is 6.92 Å². The topological polar surface area (TPSA) is 79.3 Å². The first-order valence-electron chi connectivity index (χ1n) is 7.33. The van der Waals surface area contributed by atoms with Crippen molar-refractivity contribution in [3.63, 3.8) is 0 Å². The van der Waals surface area contributed by atoms with Gasteiger partial charge in [0.25, 0.3) is 5.91 Å². The van der Waals surface area contributed by atoms with Gasteiger partial charge in [-0.1, -0.05) is 11.6 Å².